The van der Waals surface area contributed by atoms with E-state index in [1.54, 1.807) is 0 Å². The second-order valence-corrected chi connectivity index (χ2v) is 5.41. The second-order valence-electron chi connectivity index (χ2n) is 5.41. The van der Waals surface area contributed by atoms with Crippen molar-refractivity contribution in [3.8, 4) is 0 Å². The normalized spacial score (nSPS) is 23.2. The maximum absolute atomic E-state index is 11.6. The van der Waals surface area contributed by atoms with Crippen LogP contribution in [0.3, 0.4) is 0 Å². The molecule has 2 aliphatic rings. The summed E-state index contributed by atoms with van der Waals surface area (Å²) >= 11 is 0. The predicted molar refractivity (Wildman–Crippen MR) is 73.2 cm³/mol. The van der Waals surface area contributed by atoms with Crippen molar-refractivity contribution in [2.24, 2.45) is 0 Å². The minimum Gasteiger partial charge on any atom is -0.374 e. The van der Waals surface area contributed by atoms with Gasteiger partial charge < -0.3 is 5.32 Å². The maximum atomic E-state index is 11.6. The summed E-state index contributed by atoms with van der Waals surface area (Å²) in [6, 6.07) is 7.46. The zero-order chi connectivity index (χ0) is 14.1. The van der Waals surface area contributed by atoms with E-state index in [4.69, 9.17) is 0 Å². The van der Waals surface area contributed by atoms with Gasteiger partial charge in [0, 0.05) is 24.9 Å². The van der Waals surface area contributed by atoms with Gasteiger partial charge in [-0.15, -0.1) is 0 Å². The van der Waals surface area contributed by atoms with Crippen molar-refractivity contribution in [2.45, 2.75) is 37.6 Å². The largest absolute Gasteiger partial charge is 0.374 e. The van der Waals surface area contributed by atoms with Crippen LogP contribution in [-0.4, -0.2) is 23.6 Å². The third-order valence-corrected chi connectivity index (χ3v) is 3.91. The van der Waals surface area contributed by atoms with Gasteiger partial charge in [-0.05, 0) is 30.0 Å². The van der Waals surface area contributed by atoms with Crippen LogP contribution < -0.4 is 10.6 Å². The Bertz CT molecular complexity index is 557. The van der Waals surface area contributed by atoms with Crippen molar-refractivity contribution < 1.29 is 14.4 Å². The summed E-state index contributed by atoms with van der Waals surface area (Å²) in [5.41, 5.74) is 2.02. The van der Waals surface area contributed by atoms with Gasteiger partial charge in [0.05, 0.1) is 0 Å². The van der Waals surface area contributed by atoms with Crippen molar-refractivity contribution in [1.82, 2.24) is 5.32 Å². The Morgan fingerprint density at radius 2 is 1.75 bits per heavy atom. The summed E-state index contributed by atoms with van der Waals surface area (Å²) in [5.74, 6) is 0.195. The summed E-state index contributed by atoms with van der Waals surface area (Å²) in [4.78, 5) is 33.7. The minimum atomic E-state index is -0.358. The van der Waals surface area contributed by atoms with Crippen molar-refractivity contribution in [3.63, 3.8) is 0 Å². The number of hydrogen-bond acceptors (Lipinski definition) is 4. The molecule has 5 nitrogen and oxygen atoms in total. The molecule has 5 heteroatoms. The Morgan fingerprint density at radius 3 is 2.35 bits per heavy atom. The summed E-state index contributed by atoms with van der Waals surface area (Å²) in [6.45, 7) is 0. The number of piperidine rings is 1. The van der Waals surface area contributed by atoms with Crippen LogP contribution in [0, 0.1) is 0 Å². The maximum Gasteiger partial charge on any atom is 0.249 e. The molecule has 20 heavy (non-hydrogen) atoms. The van der Waals surface area contributed by atoms with Crippen LogP contribution in [0.2, 0.25) is 0 Å². The fourth-order valence-corrected chi connectivity index (χ4v) is 2.61. The molecule has 3 rings (SSSR count). The number of ketones is 1. The molecule has 104 valence electrons. The fraction of sp³-hybridized carbons (Fsp3) is 0.400. The van der Waals surface area contributed by atoms with Gasteiger partial charge in [-0.25, -0.2) is 0 Å². The first kappa shape index (κ1) is 12.8. The lowest BCUT2D eigenvalue weighted by molar-refractivity contribution is -0.133. The van der Waals surface area contributed by atoms with Gasteiger partial charge in [-0.3, -0.25) is 19.7 Å². The molecule has 2 amide bonds. The molecule has 2 fully saturated rings. The third kappa shape index (κ3) is 2.57. The highest BCUT2D eigenvalue weighted by atomic mass is 16.2. The van der Waals surface area contributed by atoms with Crippen molar-refractivity contribution in [1.29, 1.82) is 0 Å². The molecule has 1 saturated carbocycles. The summed E-state index contributed by atoms with van der Waals surface area (Å²) in [7, 11) is 0. The Hall–Kier alpha value is -2.17. The number of benzene rings is 1. The molecule has 0 radical (unpaired) electrons. The molecule has 1 heterocycles. The van der Waals surface area contributed by atoms with Crippen molar-refractivity contribution in [2.75, 3.05) is 5.32 Å². The first-order valence-electron chi connectivity index (χ1n) is 6.84. The lowest BCUT2D eigenvalue weighted by Crippen LogP contribution is -2.47. The molecule has 1 atom stereocenters. The molecule has 1 aromatic carbocycles. The summed E-state index contributed by atoms with van der Waals surface area (Å²) in [5, 5.41) is 5.46. The van der Waals surface area contributed by atoms with Crippen LogP contribution in [0.25, 0.3) is 0 Å². The van der Waals surface area contributed by atoms with E-state index in [2.05, 4.69) is 10.6 Å². The molecule has 2 N–H and O–H groups in total. The number of carbonyl (C=O) groups is 3. The van der Waals surface area contributed by atoms with E-state index in [1.165, 1.54) is 5.56 Å². The van der Waals surface area contributed by atoms with E-state index < -0.39 is 0 Å². The van der Waals surface area contributed by atoms with Crippen LogP contribution in [0.15, 0.2) is 24.3 Å². The number of anilines is 1. The average Bonchev–Trinajstić information content (AvgIpc) is 2.39. The van der Waals surface area contributed by atoms with Crippen LogP contribution in [0.1, 0.15) is 37.2 Å². The van der Waals surface area contributed by atoms with E-state index in [0.717, 1.165) is 5.69 Å². The van der Waals surface area contributed by atoms with Crippen LogP contribution in [0.5, 0.6) is 0 Å². The standard InChI is InChI=1S/C15H16N2O3/c18-12-7-10(8-12)9-1-3-11(4-2-9)16-13-5-6-14(19)17-15(13)20/h1-4,10,13,16H,5-8H2,(H,17,19,20)/t13-/m0/s1. The minimum absolute atomic E-state index is 0.210. The van der Waals surface area contributed by atoms with E-state index in [-0.39, 0.29) is 17.9 Å². The number of carbonyl (C=O) groups excluding carboxylic acids is 3. The van der Waals surface area contributed by atoms with E-state index in [1.807, 2.05) is 24.3 Å². The number of hydrogen-bond donors (Lipinski definition) is 2. The topological polar surface area (TPSA) is 75.3 Å². The zero-order valence-corrected chi connectivity index (χ0v) is 11.0. The zero-order valence-electron chi connectivity index (χ0n) is 11.0. The molecule has 0 bridgehead atoms. The molecule has 1 saturated heterocycles. The van der Waals surface area contributed by atoms with Crippen LogP contribution in [-0.2, 0) is 14.4 Å². The highest BCUT2D eigenvalue weighted by Crippen LogP contribution is 2.34. The number of Topliss-reactive ketones (excluding diaryl/α,β-unsaturated/α-hetero) is 1. The SMILES string of the molecule is O=C1CC(c2ccc(N[C@H]3CCC(=O)NC3=O)cc2)C1. The fourth-order valence-electron chi connectivity index (χ4n) is 2.61. The lowest BCUT2D eigenvalue weighted by atomic mass is 9.79. The second kappa shape index (κ2) is 5.07. The quantitative estimate of drug-likeness (QED) is 0.814. The molecule has 1 aromatic rings. The summed E-state index contributed by atoms with van der Waals surface area (Å²) < 4.78 is 0. The van der Waals surface area contributed by atoms with Gasteiger partial charge in [0.15, 0.2) is 0 Å². The Balaban J connectivity index is 1.62. The van der Waals surface area contributed by atoms with Crippen LogP contribution in [0.4, 0.5) is 5.69 Å². The Morgan fingerprint density at radius 1 is 1.05 bits per heavy atom. The first-order valence-corrected chi connectivity index (χ1v) is 6.84. The van der Waals surface area contributed by atoms with Gasteiger partial charge in [-0.1, -0.05) is 12.1 Å². The average molecular weight is 272 g/mol. The summed E-state index contributed by atoms with van der Waals surface area (Å²) in [6.07, 6.45) is 2.16. The molecule has 0 unspecified atom stereocenters. The Kier molecular flexibility index (Phi) is 3.26. The van der Waals surface area contributed by atoms with Gasteiger partial charge in [0.2, 0.25) is 11.8 Å². The van der Waals surface area contributed by atoms with E-state index in [9.17, 15) is 14.4 Å². The monoisotopic (exact) mass is 272 g/mol. The number of rotatable bonds is 3. The van der Waals surface area contributed by atoms with Gasteiger partial charge >= 0.3 is 0 Å². The smallest absolute Gasteiger partial charge is 0.249 e. The predicted octanol–water partition coefficient (Wildman–Crippen LogP) is 1.35. The molecule has 1 aliphatic carbocycles. The highest BCUT2D eigenvalue weighted by Gasteiger charge is 2.28. The Labute approximate surface area is 116 Å². The van der Waals surface area contributed by atoms with Crippen LogP contribution >= 0.6 is 0 Å². The third-order valence-electron chi connectivity index (χ3n) is 3.91. The lowest BCUT2D eigenvalue weighted by Gasteiger charge is -2.25. The number of imide groups is 1. The molecule has 1 aliphatic heterocycles. The van der Waals surface area contributed by atoms with E-state index in [0.29, 0.717) is 37.4 Å². The molecular weight excluding hydrogens is 256 g/mol. The molecular formula is C15H16N2O3. The number of nitrogens with one attached hydrogen (secondary N) is 2. The number of amides is 2. The van der Waals surface area contributed by atoms with Crippen molar-refractivity contribution >= 4 is 23.3 Å². The highest BCUT2D eigenvalue weighted by molar-refractivity contribution is 6.01. The van der Waals surface area contributed by atoms with E-state index >= 15 is 0 Å². The van der Waals surface area contributed by atoms with Gasteiger partial charge in [0.25, 0.3) is 0 Å². The van der Waals surface area contributed by atoms with Gasteiger partial charge in [-0.2, -0.15) is 0 Å². The van der Waals surface area contributed by atoms with Gasteiger partial charge in [0.1, 0.15) is 11.8 Å². The molecule has 0 aromatic heterocycles. The molecule has 0 spiro atoms. The van der Waals surface area contributed by atoms with Crippen molar-refractivity contribution in [3.05, 3.63) is 29.8 Å². The first-order chi connectivity index (χ1) is 9.61.